The number of aromatic nitrogens is 1. The first kappa shape index (κ1) is 37.5. The second-order valence-corrected chi connectivity index (χ2v) is 12.0. The molecule has 1 aromatic heterocycles. The summed E-state index contributed by atoms with van der Waals surface area (Å²) < 4.78 is 21.6. The molecule has 0 radical (unpaired) electrons. The Morgan fingerprint density at radius 3 is 2.58 bits per heavy atom. The van der Waals surface area contributed by atoms with E-state index in [1.807, 2.05) is 62.7 Å². The van der Waals surface area contributed by atoms with Gasteiger partial charge in [0.25, 0.3) is 5.91 Å². The molecule has 0 saturated heterocycles. The summed E-state index contributed by atoms with van der Waals surface area (Å²) in [7, 11) is 1.58. The molecule has 12 nitrogen and oxygen atoms in total. The predicted molar refractivity (Wildman–Crippen MR) is 193 cm³/mol. The molecule has 0 unspecified atom stereocenters. The van der Waals surface area contributed by atoms with Gasteiger partial charge in [-0.05, 0) is 66.8 Å². The number of ether oxygens (including phenoxy) is 1. The number of carbonyl (C=O) groups is 2. The quantitative estimate of drug-likeness (QED) is 0.0574. The van der Waals surface area contributed by atoms with Crippen molar-refractivity contribution in [3.05, 3.63) is 89.6 Å². The molecule has 0 atom stereocenters. The number of benzene rings is 2. The van der Waals surface area contributed by atoms with E-state index in [0.29, 0.717) is 67.6 Å². The van der Waals surface area contributed by atoms with Crippen LogP contribution in [0.25, 0.3) is 10.9 Å². The predicted octanol–water partition coefficient (Wildman–Crippen LogP) is 5.89. The highest BCUT2D eigenvalue weighted by molar-refractivity contribution is 6.13. The summed E-state index contributed by atoms with van der Waals surface area (Å²) in [5.74, 6) is -1.36. The summed E-state index contributed by atoms with van der Waals surface area (Å²) in [6.45, 7) is 9.50. The van der Waals surface area contributed by atoms with Crippen LogP contribution in [-0.4, -0.2) is 75.8 Å². The molecule has 3 aromatic rings. The van der Waals surface area contributed by atoms with Gasteiger partial charge in [-0.3, -0.25) is 19.5 Å². The average Bonchev–Trinajstić information content (AvgIpc) is 3.48. The van der Waals surface area contributed by atoms with Crippen molar-refractivity contribution in [1.82, 2.24) is 20.1 Å². The lowest BCUT2D eigenvalue weighted by Crippen LogP contribution is -2.39. The number of phenolic OH excluding ortho intramolecular Hbond substituents is 2. The molecule has 1 aliphatic heterocycles. The van der Waals surface area contributed by atoms with Crippen LogP contribution in [0.3, 0.4) is 0 Å². The van der Waals surface area contributed by atoms with Crippen LogP contribution in [0.5, 0.6) is 11.5 Å². The largest absolute Gasteiger partial charge is 0.508 e. The molecule has 13 heteroatoms. The van der Waals surface area contributed by atoms with Crippen LogP contribution in [0.2, 0.25) is 0 Å². The number of anilines is 1. The number of rotatable bonds is 15. The molecule has 268 valence electrons. The molecule has 2 heterocycles. The SMILES string of the molecule is CC/C=C1/NC(=O)C(F)=CN1CCC(=O)NCCOCCn1ccc2cc(N(C(=NC)c3cc(C(C)C)c(O)cc3O)/C(O)=C/CC)ccc21. The fourth-order valence-corrected chi connectivity index (χ4v) is 5.63. The Labute approximate surface area is 291 Å². The second kappa shape index (κ2) is 17.4. The Morgan fingerprint density at radius 2 is 1.88 bits per heavy atom. The number of aliphatic imine (C=N–C) groups is 1. The number of nitrogens with one attached hydrogen (secondary N) is 2. The van der Waals surface area contributed by atoms with Gasteiger partial charge in [-0.25, -0.2) is 0 Å². The van der Waals surface area contributed by atoms with Gasteiger partial charge in [0.05, 0.1) is 24.5 Å². The van der Waals surface area contributed by atoms with E-state index in [0.717, 1.165) is 17.1 Å². The summed E-state index contributed by atoms with van der Waals surface area (Å²) in [6, 6.07) is 10.7. The summed E-state index contributed by atoms with van der Waals surface area (Å²) in [5.41, 5.74) is 2.60. The third-order valence-corrected chi connectivity index (χ3v) is 8.12. The number of halogens is 1. The molecular weight excluding hydrogens is 643 g/mol. The molecule has 0 aliphatic carbocycles. The number of fused-ring (bicyclic) bond motifs is 1. The van der Waals surface area contributed by atoms with Crippen LogP contribution in [0.4, 0.5) is 10.1 Å². The van der Waals surface area contributed by atoms with Crippen LogP contribution in [0.1, 0.15) is 64.0 Å². The lowest BCUT2D eigenvalue weighted by Gasteiger charge is -2.27. The number of hydrogen-bond acceptors (Lipinski definition) is 8. The minimum atomic E-state index is -0.902. The van der Waals surface area contributed by atoms with E-state index in [9.17, 15) is 29.3 Å². The topological polar surface area (TPSA) is 152 Å². The number of nitrogens with zero attached hydrogens (tertiary/aromatic N) is 4. The van der Waals surface area contributed by atoms with Gasteiger partial charge in [0, 0.05) is 62.5 Å². The van der Waals surface area contributed by atoms with Crippen molar-refractivity contribution >= 4 is 34.2 Å². The smallest absolute Gasteiger partial charge is 0.287 e. The zero-order chi connectivity index (χ0) is 36.4. The Hall–Kier alpha value is -5.30. The minimum absolute atomic E-state index is 0.00919. The fourth-order valence-electron chi connectivity index (χ4n) is 5.63. The normalized spacial score (nSPS) is 14.8. The highest BCUT2D eigenvalue weighted by atomic mass is 19.1. The highest BCUT2D eigenvalue weighted by Gasteiger charge is 2.25. The summed E-state index contributed by atoms with van der Waals surface area (Å²) in [6.07, 6.45) is 7.80. The first-order valence-corrected chi connectivity index (χ1v) is 16.8. The Morgan fingerprint density at radius 1 is 1.10 bits per heavy atom. The van der Waals surface area contributed by atoms with E-state index >= 15 is 0 Å². The number of aliphatic hydroxyl groups excluding tert-OH is 1. The molecular formula is C37H47FN6O6. The van der Waals surface area contributed by atoms with Crippen LogP contribution < -0.4 is 15.5 Å². The maximum Gasteiger partial charge on any atom is 0.287 e. The number of carbonyl (C=O) groups excluding carboxylic acids is 2. The number of aliphatic hydroxyl groups is 1. The summed E-state index contributed by atoms with van der Waals surface area (Å²) in [5, 5.41) is 38.6. The van der Waals surface area contributed by atoms with Crippen molar-refractivity contribution in [3.8, 4) is 11.5 Å². The van der Waals surface area contributed by atoms with E-state index in [1.165, 1.54) is 11.0 Å². The fraction of sp³-hybridized carbons (Fsp3) is 0.378. The lowest BCUT2D eigenvalue weighted by molar-refractivity contribution is -0.121. The number of amidine groups is 1. The number of aromatic hydroxyl groups is 2. The highest BCUT2D eigenvalue weighted by Crippen LogP contribution is 2.35. The molecule has 0 bridgehead atoms. The van der Waals surface area contributed by atoms with Crippen LogP contribution in [0.15, 0.2) is 83.5 Å². The lowest BCUT2D eigenvalue weighted by atomic mass is 9.98. The van der Waals surface area contributed by atoms with Gasteiger partial charge in [0.2, 0.25) is 11.7 Å². The molecule has 0 fully saturated rings. The number of allylic oxidation sites excluding steroid dienone is 2. The number of amides is 2. The summed E-state index contributed by atoms with van der Waals surface area (Å²) in [4.78, 5) is 31.5. The standard InChI is InChI=1S/C37H47FN6O6/c1-6-8-33-41-37(49)29(38)23-43(33)16-13-34(47)40-14-18-50-19-17-42-15-12-25-20-26(10-11-30(25)42)44(35(48)9-7-2)36(39-5)28-21-27(24(3)4)31(45)22-32(28)46/h8-12,15,20-24,45-46,48H,6-7,13-14,16-19H2,1-5H3,(H,40,47)(H,41,49)/b33-8-,35-9-,39-36?. The van der Waals surface area contributed by atoms with E-state index < -0.39 is 11.7 Å². The van der Waals surface area contributed by atoms with Crippen LogP contribution >= 0.6 is 0 Å². The molecule has 2 amide bonds. The maximum atomic E-state index is 13.8. The monoisotopic (exact) mass is 690 g/mol. The maximum absolute atomic E-state index is 13.8. The van der Waals surface area contributed by atoms with E-state index in [2.05, 4.69) is 15.6 Å². The Kier molecular flexibility index (Phi) is 13.0. The third-order valence-electron chi connectivity index (χ3n) is 8.12. The molecule has 5 N–H and O–H groups in total. The minimum Gasteiger partial charge on any atom is -0.508 e. The average molecular weight is 691 g/mol. The van der Waals surface area contributed by atoms with E-state index in [1.54, 1.807) is 30.2 Å². The van der Waals surface area contributed by atoms with E-state index in [4.69, 9.17) is 4.74 Å². The van der Waals surface area contributed by atoms with Crippen LogP contribution in [-0.2, 0) is 20.9 Å². The van der Waals surface area contributed by atoms with Gasteiger partial charge >= 0.3 is 0 Å². The van der Waals surface area contributed by atoms with Crippen LogP contribution in [0, 0.1) is 0 Å². The second-order valence-electron chi connectivity index (χ2n) is 12.0. The first-order valence-electron chi connectivity index (χ1n) is 16.8. The molecule has 2 aromatic carbocycles. The van der Waals surface area contributed by atoms with Crippen molar-refractivity contribution in [3.63, 3.8) is 0 Å². The Bertz CT molecular complexity index is 1810. The Balaban J connectivity index is 1.36. The van der Waals surface area contributed by atoms with Crippen molar-refractivity contribution in [2.45, 2.75) is 59.4 Å². The number of phenols is 2. The zero-order valence-corrected chi connectivity index (χ0v) is 29.2. The van der Waals surface area contributed by atoms with Crippen molar-refractivity contribution in [1.29, 1.82) is 0 Å². The molecule has 0 spiro atoms. The first-order chi connectivity index (χ1) is 24.0. The molecule has 1 aliphatic rings. The van der Waals surface area contributed by atoms with Gasteiger partial charge in [0.1, 0.15) is 23.2 Å². The zero-order valence-electron chi connectivity index (χ0n) is 29.2. The van der Waals surface area contributed by atoms with Gasteiger partial charge in [-0.2, -0.15) is 4.39 Å². The van der Waals surface area contributed by atoms with Gasteiger partial charge in [-0.15, -0.1) is 0 Å². The van der Waals surface area contributed by atoms with Crippen molar-refractivity contribution in [2.75, 3.05) is 38.3 Å². The van der Waals surface area contributed by atoms with E-state index in [-0.39, 0.29) is 42.2 Å². The van der Waals surface area contributed by atoms with Gasteiger partial charge in [0.15, 0.2) is 5.88 Å². The van der Waals surface area contributed by atoms with Gasteiger partial charge in [-0.1, -0.05) is 27.7 Å². The van der Waals surface area contributed by atoms with Crippen molar-refractivity contribution < 1.29 is 34.0 Å². The van der Waals surface area contributed by atoms with Crippen molar-refractivity contribution in [2.24, 2.45) is 4.99 Å². The third kappa shape index (κ3) is 9.03. The molecule has 50 heavy (non-hydrogen) atoms. The molecule has 0 saturated carbocycles. The van der Waals surface area contributed by atoms with Gasteiger partial charge < -0.3 is 40.2 Å². The molecule has 4 rings (SSSR count). The number of hydrogen-bond donors (Lipinski definition) is 5. The summed E-state index contributed by atoms with van der Waals surface area (Å²) >= 11 is 0.